The normalized spacial score (nSPS) is 34.9. The van der Waals surface area contributed by atoms with Crippen LogP contribution < -0.4 is 0 Å². The van der Waals surface area contributed by atoms with E-state index < -0.39 is 0 Å². The van der Waals surface area contributed by atoms with Gasteiger partial charge in [-0.05, 0) is 38.6 Å². The van der Waals surface area contributed by atoms with Crippen molar-refractivity contribution in [3.63, 3.8) is 0 Å². The van der Waals surface area contributed by atoms with Crippen LogP contribution in [0.3, 0.4) is 0 Å². The van der Waals surface area contributed by atoms with Crippen LogP contribution in [0.4, 0.5) is 0 Å². The summed E-state index contributed by atoms with van der Waals surface area (Å²) in [5.74, 6) is 1.52. The third-order valence-electron chi connectivity index (χ3n) is 4.88. The van der Waals surface area contributed by atoms with Gasteiger partial charge in [-0.15, -0.1) is 0 Å². The summed E-state index contributed by atoms with van der Waals surface area (Å²) in [5, 5.41) is 0. The van der Waals surface area contributed by atoms with E-state index in [1.807, 2.05) is 0 Å². The SMILES string of the molecule is CCCC(C)CC(=O)C1CC2CCC(C1)N2C. The largest absolute Gasteiger partial charge is 0.300 e. The van der Waals surface area contributed by atoms with E-state index in [0.717, 1.165) is 19.3 Å². The van der Waals surface area contributed by atoms with E-state index in [9.17, 15) is 4.79 Å². The molecule has 2 aliphatic rings. The number of rotatable bonds is 5. The lowest BCUT2D eigenvalue weighted by atomic mass is 9.84. The fraction of sp³-hybridized carbons (Fsp3) is 0.933. The molecule has 0 aromatic carbocycles. The van der Waals surface area contributed by atoms with Crippen LogP contribution in [0.2, 0.25) is 0 Å². The van der Waals surface area contributed by atoms with Crippen molar-refractivity contribution < 1.29 is 4.79 Å². The Bertz CT molecular complexity index is 262. The molecule has 0 aromatic heterocycles. The average Bonchev–Trinajstić information content (AvgIpc) is 2.53. The molecular formula is C15H27NO. The monoisotopic (exact) mass is 237 g/mol. The van der Waals surface area contributed by atoms with E-state index in [2.05, 4.69) is 25.8 Å². The van der Waals surface area contributed by atoms with Crippen molar-refractivity contribution in [1.82, 2.24) is 4.90 Å². The van der Waals surface area contributed by atoms with E-state index in [-0.39, 0.29) is 0 Å². The molecule has 2 saturated heterocycles. The summed E-state index contributed by atoms with van der Waals surface area (Å²) in [4.78, 5) is 14.8. The zero-order valence-corrected chi connectivity index (χ0v) is 11.6. The molecule has 0 spiro atoms. The van der Waals surface area contributed by atoms with Crippen LogP contribution in [0.1, 0.15) is 58.8 Å². The summed E-state index contributed by atoms with van der Waals surface area (Å²) in [5.41, 5.74) is 0. The molecule has 2 rings (SSSR count). The maximum Gasteiger partial charge on any atom is 0.136 e. The van der Waals surface area contributed by atoms with Gasteiger partial charge in [-0.1, -0.05) is 26.7 Å². The Kier molecular flexibility index (Phi) is 4.24. The van der Waals surface area contributed by atoms with Gasteiger partial charge < -0.3 is 4.90 Å². The van der Waals surface area contributed by atoms with Gasteiger partial charge in [-0.25, -0.2) is 0 Å². The van der Waals surface area contributed by atoms with Crippen LogP contribution in [0.25, 0.3) is 0 Å². The van der Waals surface area contributed by atoms with E-state index in [1.165, 1.54) is 25.7 Å². The highest BCUT2D eigenvalue weighted by atomic mass is 16.1. The lowest BCUT2D eigenvalue weighted by molar-refractivity contribution is -0.125. The Balaban J connectivity index is 1.85. The van der Waals surface area contributed by atoms with Gasteiger partial charge in [0.25, 0.3) is 0 Å². The van der Waals surface area contributed by atoms with Gasteiger partial charge in [-0.2, -0.15) is 0 Å². The van der Waals surface area contributed by atoms with E-state index in [1.54, 1.807) is 0 Å². The summed E-state index contributed by atoms with van der Waals surface area (Å²) in [7, 11) is 2.24. The Labute approximate surface area is 106 Å². The van der Waals surface area contributed by atoms with Crippen LogP contribution in [0.15, 0.2) is 0 Å². The van der Waals surface area contributed by atoms with Crippen LogP contribution >= 0.6 is 0 Å². The summed E-state index contributed by atoms with van der Waals surface area (Å²) in [6.07, 6.45) is 8.11. The minimum absolute atomic E-state index is 0.378. The molecule has 2 bridgehead atoms. The number of piperidine rings is 1. The molecule has 0 aromatic rings. The van der Waals surface area contributed by atoms with Crippen molar-refractivity contribution in [2.45, 2.75) is 70.9 Å². The Morgan fingerprint density at radius 3 is 2.41 bits per heavy atom. The third kappa shape index (κ3) is 2.90. The number of carbonyl (C=O) groups is 1. The molecule has 98 valence electrons. The second kappa shape index (κ2) is 5.51. The highest BCUT2D eigenvalue weighted by molar-refractivity contribution is 5.81. The molecule has 2 nitrogen and oxygen atoms in total. The summed E-state index contributed by atoms with van der Waals surface area (Å²) in [6.45, 7) is 4.43. The minimum Gasteiger partial charge on any atom is -0.300 e. The minimum atomic E-state index is 0.378. The molecule has 0 aliphatic carbocycles. The third-order valence-corrected chi connectivity index (χ3v) is 4.88. The molecule has 0 amide bonds. The van der Waals surface area contributed by atoms with E-state index >= 15 is 0 Å². The number of fused-ring (bicyclic) bond motifs is 2. The Morgan fingerprint density at radius 1 is 1.29 bits per heavy atom. The van der Waals surface area contributed by atoms with Gasteiger partial charge in [0, 0.05) is 24.4 Å². The van der Waals surface area contributed by atoms with Crippen LogP contribution in [-0.2, 0) is 4.79 Å². The second-order valence-corrected chi connectivity index (χ2v) is 6.28. The topological polar surface area (TPSA) is 20.3 Å². The van der Waals surface area contributed by atoms with Gasteiger partial charge in [0.1, 0.15) is 5.78 Å². The van der Waals surface area contributed by atoms with E-state index in [4.69, 9.17) is 0 Å². The molecule has 17 heavy (non-hydrogen) atoms. The first kappa shape index (κ1) is 13.1. The lowest BCUT2D eigenvalue weighted by Crippen LogP contribution is -2.42. The molecule has 2 heterocycles. The maximum atomic E-state index is 12.3. The van der Waals surface area contributed by atoms with Gasteiger partial charge in [0.15, 0.2) is 0 Å². The first-order valence-corrected chi connectivity index (χ1v) is 7.36. The number of carbonyl (C=O) groups excluding carboxylic acids is 1. The van der Waals surface area contributed by atoms with Crippen molar-refractivity contribution in [3.8, 4) is 0 Å². The molecule has 3 atom stereocenters. The Hall–Kier alpha value is -0.370. The van der Waals surface area contributed by atoms with Gasteiger partial charge >= 0.3 is 0 Å². The lowest BCUT2D eigenvalue weighted by Gasteiger charge is -2.36. The molecule has 0 N–H and O–H groups in total. The van der Waals surface area contributed by atoms with E-state index in [0.29, 0.717) is 29.7 Å². The number of nitrogens with zero attached hydrogens (tertiary/aromatic N) is 1. The molecule has 0 radical (unpaired) electrons. The smallest absolute Gasteiger partial charge is 0.136 e. The summed E-state index contributed by atoms with van der Waals surface area (Å²) < 4.78 is 0. The highest BCUT2D eigenvalue weighted by Crippen LogP contribution is 2.38. The zero-order valence-electron chi connectivity index (χ0n) is 11.6. The maximum absolute atomic E-state index is 12.3. The average molecular weight is 237 g/mol. The zero-order chi connectivity index (χ0) is 12.4. The highest BCUT2D eigenvalue weighted by Gasteiger charge is 2.40. The molecule has 2 aliphatic heterocycles. The second-order valence-electron chi connectivity index (χ2n) is 6.28. The van der Waals surface area contributed by atoms with Crippen molar-refractivity contribution in [2.75, 3.05) is 7.05 Å². The van der Waals surface area contributed by atoms with Crippen molar-refractivity contribution >= 4 is 5.78 Å². The summed E-state index contributed by atoms with van der Waals surface area (Å²) in [6, 6.07) is 1.40. The van der Waals surface area contributed by atoms with Gasteiger partial charge in [-0.3, -0.25) is 4.79 Å². The molecule has 2 heteroatoms. The van der Waals surface area contributed by atoms with Crippen LogP contribution in [0.5, 0.6) is 0 Å². The predicted molar refractivity (Wildman–Crippen MR) is 71.0 cm³/mol. The van der Waals surface area contributed by atoms with Crippen LogP contribution in [0, 0.1) is 11.8 Å². The molecule has 3 unspecified atom stereocenters. The van der Waals surface area contributed by atoms with Gasteiger partial charge in [0.05, 0.1) is 0 Å². The molecular weight excluding hydrogens is 210 g/mol. The van der Waals surface area contributed by atoms with Crippen molar-refractivity contribution in [3.05, 3.63) is 0 Å². The molecule has 2 fully saturated rings. The van der Waals surface area contributed by atoms with Gasteiger partial charge in [0.2, 0.25) is 0 Å². The number of Topliss-reactive ketones (excluding diaryl/α,β-unsaturated/α-hetero) is 1. The van der Waals surface area contributed by atoms with Crippen molar-refractivity contribution in [1.29, 1.82) is 0 Å². The number of ketones is 1. The quantitative estimate of drug-likeness (QED) is 0.731. The predicted octanol–water partition coefficient (Wildman–Crippen LogP) is 3.25. The number of hydrogen-bond donors (Lipinski definition) is 0. The summed E-state index contributed by atoms with van der Waals surface area (Å²) >= 11 is 0. The fourth-order valence-corrected chi connectivity index (χ4v) is 3.78. The Morgan fingerprint density at radius 2 is 1.88 bits per heavy atom. The fourth-order valence-electron chi connectivity index (χ4n) is 3.78. The first-order valence-electron chi connectivity index (χ1n) is 7.36. The molecule has 0 saturated carbocycles. The number of hydrogen-bond acceptors (Lipinski definition) is 2. The van der Waals surface area contributed by atoms with Crippen molar-refractivity contribution in [2.24, 2.45) is 11.8 Å². The standard InChI is InChI=1S/C15H27NO/c1-4-5-11(2)8-15(17)12-9-13-6-7-14(10-12)16(13)3/h11-14H,4-10H2,1-3H3. The van der Waals surface area contributed by atoms with Crippen LogP contribution in [-0.4, -0.2) is 29.8 Å². The first-order chi connectivity index (χ1) is 8.11.